The van der Waals surface area contributed by atoms with E-state index in [1.54, 1.807) is 23.7 Å². The molecule has 0 radical (unpaired) electrons. The van der Waals surface area contributed by atoms with Crippen LogP contribution in [-0.4, -0.2) is 25.8 Å². The largest absolute Gasteiger partial charge is 0.409 e. The lowest BCUT2D eigenvalue weighted by atomic mass is 10.2. The van der Waals surface area contributed by atoms with Crippen molar-refractivity contribution in [3.05, 3.63) is 35.9 Å². The lowest BCUT2D eigenvalue weighted by Crippen LogP contribution is -2.16. The zero-order valence-corrected chi connectivity index (χ0v) is 10.2. The van der Waals surface area contributed by atoms with Crippen LogP contribution in [-0.2, 0) is 7.05 Å². The molecule has 0 aliphatic carbocycles. The number of nitrogens with zero attached hydrogens (tertiary/aromatic N) is 4. The second-order valence-electron chi connectivity index (χ2n) is 3.42. The van der Waals surface area contributed by atoms with E-state index in [9.17, 15) is 4.39 Å². The van der Waals surface area contributed by atoms with E-state index in [0.29, 0.717) is 10.1 Å². The summed E-state index contributed by atoms with van der Waals surface area (Å²) < 4.78 is 15.4. The highest BCUT2D eigenvalue weighted by Crippen LogP contribution is 2.29. The summed E-state index contributed by atoms with van der Waals surface area (Å²) in [7, 11) is 1.77. The molecule has 6 nitrogen and oxygen atoms in total. The van der Waals surface area contributed by atoms with Gasteiger partial charge in [0.15, 0.2) is 11.0 Å². The standard InChI is InChI=1S/C10H10FN5OS/c1-16-5-13-14-10(16)18-7-4-2-3-6(11)8(7)9(12)15-17/h2-5,17H,1H3,(H2,12,15). The van der Waals surface area contributed by atoms with Crippen molar-refractivity contribution < 1.29 is 9.60 Å². The van der Waals surface area contributed by atoms with Crippen molar-refractivity contribution in [2.24, 2.45) is 17.9 Å². The molecule has 1 aromatic heterocycles. The van der Waals surface area contributed by atoms with Crippen molar-refractivity contribution in [1.29, 1.82) is 0 Å². The van der Waals surface area contributed by atoms with Crippen molar-refractivity contribution in [3.8, 4) is 0 Å². The van der Waals surface area contributed by atoms with Crippen molar-refractivity contribution >= 4 is 17.6 Å². The van der Waals surface area contributed by atoms with Crippen LogP contribution in [0, 0.1) is 5.82 Å². The van der Waals surface area contributed by atoms with E-state index in [0.717, 1.165) is 0 Å². The number of aromatic nitrogens is 3. The number of nitrogens with two attached hydrogens (primary N) is 1. The Hall–Kier alpha value is -2.09. The predicted octanol–water partition coefficient (Wildman–Crippen LogP) is 1.20. The van der Waals surface area contributed by atoms with Crippen molar-refractivity contribution in [3.63, 3.8) is 0 Å². The van der Waals surface area contributed by atoms with Crippen molar-refractivity contribution in [1.82, 2.24) is 14.8 Å². The SMILES string of the molecule is Cn1cnnc1Sc1cccc(F)c1C(N)=NO. The van der Waals surface area contributed by atoms with Gasteiger partial charge >= 0.3 is 0 Å². The lowest BCUT2D eigenvalue weighted by Gasteiger charge is -2.08. The fourth-order valence-electron chi connectivity index (χ4n) is 1.35. The minimum Gasteiger partial charge on any atom is -0.409 e. The molecule has 0 bridgehead atoms. The fraction of sp³-hybridized carbons (Fsp3) is 0.100. The van der Waals surface area contributed by atoms with Crippen LogP contribution in [0.5, 0.6) is 0 Å². The maximum Gasteiger partial charge on any atom is 0.195 e. The number of rotatable bonds is 3. The number of oxime groups is 1. The molecule has 0 saturated heterocycles. The molecule has 0 spiro atoms. The Labute approximate surface area is 106 Å². The van der Waals surface area contributed by atoms with Crippen molar-refractivity contribution in [2.75, 3.05) is 0 Å². The van der Waals surface area contributed by atoms with Crippen LogP contribution in [0.25, 0.3) is 0 Å². The minimum absolute atomic E-state index is 0.0491. The summed E-state index contributed by atoms with van der Waals surface area (Å²) in [5, 5.41) is 19.7. The second kappa shape index (κ2) is 5.05. The summed E-state index contributed by atoms with van der Waals surface area (Å²) in [4.78, 5) is 0.501. The van der Waals surface area contributed by atoms with E-state index in [2.05, 4.69) is 15.4 Å². The van der Waals surface area contributed by atoms with Crippen LogP contribution < -0.4 is 5.73 Å². The summed E-state index contributed by atoms with van der Waals surface area (Å²) in [6.07, 6.45) is 1.53. The Kier molecular flexibility index (Phi) is 3.47. The van der Waals surface area contributed by atoms with Gasteiger partial charge in [-0.1, -0.05) is 11.2 Å². The molecule has 0 saturated carbocycles. The average molecular weight is 267 g/mol. The topological polar surface area (TPSA) is 89.3 Å². The van der Waals surface area contributed by atoms with Crippen LogP contribution in [0.3, 0.4) is 0 Å². The third-order valence-electron chi connectivity index (χ3n) is 2.21. The number of aryl methyl sites for hydroxylation is 1. The summed E-state index contributed by atoms with van der Waals surface area (Å²) in [5.41, 5.74) is 5.52. The minimum atomic E-state index is -0.558. The Morgan fingerprint density at radius 3 is 2.94 bits per heavy atom. The molecule has 0 aliphatic heterocycles. The predicted molar refractivity (Wildman–Crippen MR) is 64.0 cm³/mol. The third kappa shape index (κ3) is 2.28. The van der Waals surface area contributed by atoms with Gasteiger partial charge in [-0.3, -0.25) is 0 Å². The van der Waals surface area contributed by atoms with Gasteiger partial charge in [-0.15, -0.1) is 10.2 Å². The van der Waals surface area contributed by atoms with E-state index >= 15 is 0 Å². The van der Waals surface area contributed by atoms with Gasteiger partial charge in [-0.25, -0.2) is 4.39 Å². The first-order chi connectivity index (χ1) is 8.63. The van der Waals surface area contributed by atoms with E-state index in [4.69, 9.17) is 10.9 Å². The van der Waals surface area contributed by atoms with Gasteiger partial charge in [0.25, 0.3) is 0 Å². The monoisotopic (exact) mass is 267 g/mol. The highest BCUT2D eigenvalue weighted by molar-refractivity contribution is 7.99. The highest BCUT2D eigenvalue weighted by atomic mass is 32.2. The maximum atomic E-state index is 13.7. The molecular weight excluding hydrogens is 257 g/mol. The molecule has 3 N–H and O–H groups in total. The summed E-state index contributed by atoms with van der Waals surface area (Å²) in [6, 6.07) is 4.45. The van der Waals surface area contributed by atoms with Gasteiger partial charge in [0.05, 0.1) is 5.56 Å². The summed E-state index contributed by atoms with van der Waals surface area (Å²) in [5.74, 6) is -0.838. The molecule has 0 atom stereocenters. The Bertz CT molecular complexity index is 598. The quantitative estimate of drug-likeness (QED) is 0.377. The normalized spacial score (nSPS) is 11.8. The van der Waals surface area contributed by atoms with Gasteiger partial charge in [0.1, 0.15) is 12.1 Å². The molecule has 0 unspecified atom stereocenters. The van der Waals surface area contributed by atoms with E-state index in [1.807, 2.05) is 0 Å². The second-order valence-corrected chi connectivity index (χ2v) is 4.43. The Balaban J connectivity index is 2.45. The van der Waals surface area contributed by atoms with Crippen LogP contribution in [0.15, 0.2) is 39.7 Å². The molecule has 0 aliphatic rings. The first-order valence-electron chi connectivity index (χ1n) is 4.91. The Morgan fingerprint density at radius 2 is 2.33 bits per heavy atom. The zero-order chi connectivity index (χ0) is 13.1. The molecule has 18 heavy (non-hydrogen) atoms. The third-order valence-corrected chi connectivity index (χ3v) is 3.32. The number of benzene rings is 1. The first kappa shape index (κ1) is 12.4. The number of halogens is 1. The summed E-state index contributed by atoms with van der Waals surface area (Å²) >= 11 is 1.18. The highest BCUT2D eigenvalue weighted by Gasteiger charge is 2.15. The van der Waals surface area contributed by atoms with Crippen LogP contribution >= 0.6 is 11.8 Å². The van der Waals surface area contributed by atoms with Crippen LogP contribution in [0.4, 0.5) is 4.39 Å². The van der Waals surface area contributed by atoms with Crippen LogP contribution in [0.1, 0.15) is 5.56 Å². The van der Waals surface area contributed by atoms with Gasteiger partial charge in [-0.2, -0.15) is 0 Å². The van der Waals surface area contributed by atoms with Gasteiger partial charge in [0.2, 0.25) is 0 Å². The number of hydrogen-bond acceptors (Lipinski definition) is 5. The van der Waals surface area contributed by atoms with E-state index in [-0.39, 0.29) is 11.4 Å². The maximum absolute atomic E-state index is 13.7. The van der Waals surface area contributed by atoms with Gasteiger partial charge in [0, 0.05) is 11.9 Å². The Morgan fingerprint density at radius 1 is 1.56 bits per heavy atom. The molecule has 2 rings (SSSR count). The van der Waals surface area contributed by atoms with Gasteiger partial charge < -0.3 is 15.5 Å². The molecule has 94 valence electrons. The lowest BCUT2D eigenvalue weighted by molar-refractivity contribution is 0.318. The zero-order valence-electron chi connectivity index (χ0n) is 9.41. The molecule has 0 amide bonds. The average Bonchev–Trinajstić information content (AvgIpc) is 2.74. The fourth-order valence-corrected chi connectivity index (χ4v) is 2.28. The summed E-state index contributed by atoms with van der Waals surface area (Å²) in [6.45, 7) is 0. The molecule has 1 heterocycles. The molecule has 1 aromatic carbocycles. The van der Waals surface area contributed by atoms with Gasteiger partial charge in [-0.05, 0) is 23.9 Å². The first-order valence-corrected chi connectivity index (χ1v) is 5.73. The van der Waals surface area contributed by atoms with E-state index in [1.165, 1.54) is 24.2 Å². The molecular formula is C10H10FN5OS. The molecule has 0 fully saturated rings. The molecule has 8 heteroatoms. The molecule has 2 aromatic rings. The number of amidine groups is 1. The van der Waals surface area contributed by atoms with E-state index < -0.39 is 5.82 Å². The smallest absolute Gasteiger partial charge is 0.195 e. The van der Waals surface area contributed by atoms with Crippen molar-refractivity contribution in [2.45, 2.75) is 10.1 Å². The van der Waals surface area contributed by atoms with Crippen LogP contribution in [0.2, 0.25) is 0 Å². The number of hydrogen-bond donors (Lipinski definition) is 2.